The zero-order valence-electron chi connectivity index (χ0n) is 11.6. The summed E-state index contributed by atoms with van der Waals surface area (Å²) < 4.78 is 1.36. The number of carbonyl (C=O) groups excluding carboxylic acids is 2. The summed E-state index contributed by atoms with van der Waals surface area (Å²) in [6.07, 6.45) is 2.24. The van der Waals surface area contributed by atoms with E-state index in [9.17, 15) is 14.4 Å². The molecular formula is C13H19N3O4. The largest absolute Gasteiger partial charge is 0.480 e. The maximum absolute atomic E-state index is 12.4. The molecule has 0 radical (unpaired) electrons. The highest BCUT2D eigenvalue weighted by Gasteiger charge is 2.20. The van der Waals surface area contributed by atoms with Crippen LogP contribution in [-0.2, 0) is 16.1 Å². The standard InChI is InChI=1S/C13H19N3O4/c1-3-6-16(8-11(17)14-2)13(20)10-5-4-7-15(10)9-12(18)19/h4-5,7H,3,6,8-9H2,1-2H3,(H,14,17)(H,18,19). The lowest BCUT2D eigenvalue weighted by atomic mass is 10.3. The number of carbonyl (C=O) groups is 3. The molecule has 0 aliphatic heterocycles. The fourth-order valence-corrected chi connectivity index (χ4v) is 1.83. The molecule has 2 N–H and O–H groups in total. The van der Waals surface area contributed by atoms with Gasteiger partial charge in [-0.3, -0.25) is 14.4 Å². The van der Waals surface area contributed by atoms with Crippen molar-refractivity contribution in [1.82, 2.24) is 14.8 Å². The number of likely N-dealkylation sites (N-methyl/N-ethyl adjacent to an activating group) is 1. The molecule has 7 nitrogen and oxygen atoms in total. The van der Waals surface area contributed by atoms with E-state index in [0.29, 0.717) is 13.0 Å². The van der Waals surface area contributed by atoms with Crippen LogP contribution in [0, 0.1) is 0 Å². The molecule has 1 rings (SSSR count). The Morgan fingerprint density at radius 2 is 2.10 bits per heavy atom. The quantitative estimate of drug-likeness (QED) is 0.745. The highest BCUT2D eigenvalue weighted by atomic mass is 16.4. The number of nitrogens with one attached hydrogen (secondary N) is 1. The van der Waals surface area contributed by atoms with Crippen LogP contribution in [0.2, 0.25) is 0 Å². The molecular weight excluding hydrogens is 262 g/mol. The Morgan fingerprint density at radius 1 is 1.40 bits per heavy atom. The first-order valence-corrected chi connectivity index (χ1v) is 6.36. The molecule has 0 atom stereocenters. The van der Waals surface area contributed by atoms with Crippen LogP contribution < -0.4 is 5.32 Å². The number of carboxylic acid groups (broad SMARTS) is 1. The minimum absolute atomic E-state index is 0.0403. The van der Waals surface area contributed by atoms with Gasteiger partial charge in [0.25, 0.3) is 5.91 Å². The van der Waals surface area contributed by atoms with Crippen LogP contribution >= 0.6 is 0 Å². The Morgan fingerprint density at radius 3 is 2.65 bits per heavy atom. The molecule has 20 heavy (non-hydrogen) atoms. The van der Waals surface area contributed by atoms with Crippen LogP contribution in [0.25, 0.3) is 0 Å². The van der Waals surface area contributed by atoms with Crippen molar-refractivity contribution in [2.45, 2.75) is 19.9 Å². The van der Waals surface area contributed by atoms with Crippen LogP contribution in [0.3, 0.4) is 0 Å². The number of aliphatic carboxylic acids is 1. The van der Waals surface area contributed by atoms with Crippen molar-refractivity contribution in [3.8, 4) is 0 Å². The van der Waals surface area contributed by atoms with E-state index in [4.69, 9.17) is 5.11 Å². The first-order valence-electron chi connectivity index (χ1n) is 6.36. The smallest absolute Gasteiger partial charge is 0.323 e. The Hall–Kier alpha value is -2.31. The van der Waals surface area contributed by atoms with Crippen molar-refractivity contribution in [3.05, 3.63) is 24.0 Å². The van der Waals surface area contributed by atoms with E-state index in [2.05, 4.69) is 5.32 Å². The second-order valence-electron chi connectivity index (χ2n) is 4.31. The third kappa shape index (κ3) is 4.11. The van der Waals surface area contributed by atoms with Gasteiger partial charge in [0.2, 0.25) is 5.91 Å². The minimum Gasteiger partial charge on any atom is -0.480 e. The molecule has 0 spiro atoms. The summed E-state index contributed by atoms with van der Waals surface area (Å²) in [5, 5.41) is 11.3. The van der Waals surface area contributed by atoms with E-state index in [0.717, 1.165) is 0 Å². The summed E-state index contributed by atoms with van der Waals surface area (Å²) in [6, 6.07) is 3.16. The highest BCUT2D eigenvalue weighted by molar-refractivity contribution is 5.95. The summed E-state index contributed by atoms with van der Waals surface area (Å²) >= 11 is 0. The van der Waals surface area contributed by atoms with Gasteiger partial charge in [-0.25, -0.2) is 0 Å². The number of carboxylic acids is 1. The molecule has 0 fully saturated rings. The topological polar surface area (TPSA) is 91.6 Å². The third-order valence-electron chi connectivity index (χ3n) is 2.75. The number of amides is 2. The van der Waals surface area contributed by atoms with E-state index in [1.807, 2.05) is 6.92 Å². The van der Waals surface area contributed by atoms with Gasteiger partial charge in [0.15, 0.2) is 0 Å². The van der Waals surface area contributed by atoms with E-state index in [-0.39, 0.29) is 30.6 Å². The number of rotatable bonds is 7. The first-order chi connectivity index (χ1) is 9.49. The van der Waals surface area contributed by atoms with Gasteiger partial charge in [0.1, 0.15) is 12.2 Å². The lowest BCUT2D eigenvalue weighted by molar-refractivity contribution is -0.137. The normalized spacial score (nSPS) is 10.1. The van der Waals surface area contributed by atoms with Crippen LogP contribution in [0.15, 0.2) is 18.3 Å². The van der Waals surface area contributed by atoms with Crippen molar-refractivity contribution in [2.75, 3.05) is 20.1 Å². The fraction of sp³-hybridized carbons (Fsp3) is 0.462. The van der Waals surface area contributed by atoms with E-state index in [1.54, 1.807) is 12.1 Å². The molecule has 2 amide bonds. The van der Waals surface area contributed by atoms with Gasteiger partial charge in [-0.2, -0.15) is 0 Å². The van der Waals surface area contributed by atoms with Gasteiger partial charge in [-0.15, -0.1) is 0 Å². The van der Waals surface area contributed by atoms with Crippen molar-refractivity contribution >= 4 is 17.8 Å². The zero-order chi connectivity index (χ0) is 15.1. The summed E-state index contributed by atoms with van der Waals surface area (Å²) in [5.41, 5.74) is 0.268. The average molecular weight is 281 g/mol. The molecule has 0 aliphatic carbocycles. The summed E-state index contributed by atoms with van der Waals surface area (Å²) in [7, 11) is 1.50. The lowest BCUT2D eigenvalue weighted by Crippen LogP contribution is -2.40. The SMILES string of the molecule is CCCN(CC(=O)NC)C(=O)c1cccn1CC(=O)O. The summed E-state index contributed by atoms with van der Waals surface area (Å²) in [4.78, 5) is 36.0. The molecule has 0 unspecified atom stereocenters. The number of aromatic nitrogens is 1. The highest BCUT2D eigenvalue weighted by Crippen LogP contribution is 2.08. The van der Waals surface area contributed by atoms with Crippen LogP contribution in [0.1, 0.15) is 23.8 Å². The van der Waals surface area contributed by atoms with E-state index in [1.165, 1.54) is 22.7 Å². The second-order valence-corrected chi connectivity index (χ2v) is 4.31. The maximum Gasteiger partial charge on any atom is 0.323 e. The molecule has 1 aromatic rings. The Labute approximate surface area is 117 Å². The van der Waals surface area contributed by atoms with Gasteiger partial charge in [0, 0.05) is 19.8 Å². The van der Waals surface area contributed by atoms with Crippen molar-refractivity contribution in [3.63, 3.8) is 0 Å². The van der Waals surface area contributed by atoms with Gasteiger partial charge < -0.3 is 19.9 Å². The predicted molar refractivity (Wildman–Crippen MR) is 72.3 cm³/mol. The number of nitrogens with zero attached hydrogens (tertiary/aromatic N) is 2. The predicted octanol–water partition coefficient (Wildman–Crippen LogP) is 0.171. The fourth-order valence-electron chi connectivity index (χ4n) is 1.83. The van der Waals surface area contributed by atoms with Crippen molar-refractivity contribution < 1.29 is 19.5 Å². The molecule has 1 aromatic heterocycles. The van der Waals surface area contributed by atoms with Gasteiger partial charge in [-0.1, -0.05) is 6.92 Å². The average Bonchev–Trinajstić information content (AvgIpc) is 2.84. The van der Waals surface area contributed by atoms with E-state index < -0.39 is 5.97 Å². The molecule has 0 aliphatic rings. The van der Waals surface area contributed by atoms with Crippen molar-refractivity contribution in [1.29, 1.82) is 0 Å². The molecule has 110 valence electrons. The molecule has 1 heterocycles. The van der Waals surface area contributed by atoms with Crippen molar-refractivity contribution in [2.24, 2.45) is 0 Å². The minimum atomic E-state index is -1.02. The Balaban J connectivity index is 2.91. The van der Waals surface area contributed by atoms with Crippen LogP contribution in [-0.4, -0.2) is 52.5 Å². The molecule has 0 aromatic carbocycles. The van der Waals surface area contributed by atoms with Gasteiger partial charge >= 0.3 is 5.97 Å². The third-order valence-corrected chi connectivity index (χ3v) is 2.75. The zero-order valence-corrected chi connectivity index (χ0v) is 11.6. The molecule has 0 saturated carbocycles. The molecule has 7 heteroatoms. The number of hydrogen-bond donors (Lipinski definition) is 2. The van der Waals surface area contributed by atoms with Gasteiger partial charge in [0.05, 0.1) is 6.54 Å². The van der Waals surface area contributed by atoms with Crippen LogP contribution in [0.4, 0.5) is 0 Å². The Kier molecular flexibility index (Phi) is 5.76. The molecule has 0 bridgehead atoms. The lowest BCUT2D eigenvalue weighted by Gasteiger charge is -2.21. The first kappa shape index (κ1) is 15.7. The summed E-state index contributed by atoms with van der Waals surface area (Å²) in [6.45, 7) is 2.01. The monoisotopic (exact) mass is 281 g/mol. The Bertz CT molecular complexity index is 496. The van der Waals surface area contributed by atoms with Crippen LogP contribution in [0.5, 0.6) is 0 Å². The second kappa shape index (κ2) is 7.32. The maximum atomic E-state index is 12.4. The molecule has 0 saturated heterocycles. The number of hydrogen-bond acceptors (Lipinski definition) is 3. The summed E-state index contributed by atoms with van der Waals surface area (Å²) in [5.74, 6) is -1.63. The van der Waals surface area contributed by atoms with Gasteiger partial charge in [-0.05, 0) is 18.6 Å². The van der Waals surface area contributed by atoms with E-state index >= 15 is 0 Å².